The van der Waals surface area contributed by atoms with Gasteiger partial charge in [-0.05, 0) is 22.9 Å². The van der Waals surface area contributed by atoms with Crippen molar-refractivity contribution in [3.05, 3.63) is 42.5 Å². The van der Waals surface area contributed by atoms with Crippen molar-refractivity contribution in [1.29, 1.82) is 5.26 Å². The minimum absolute atomic E-state index is 0.514. The van der Waals surface area contributed by atoms with E-state index in [0.29, 0.717) is 5.69 Å². The van der Waals surface area contributed by atoms with Crippen molar-refractivity contribution in [3.63, 3.8) is 0 Å². The standard InChI is InChI=1S/C18H15F2N3O2/c19-18(20)9-15(10-21)23(11-18)17(25)8-16(24)22-14-6-5-12-3-1-2-4-13(12)7-14/h1-7,15H,8-9,11H2,(H,22,24)/t15-/m0/s1. The van der Waals surface area contributed by atoms with Crippen LogP contribution in [0.15, 0.2) is 42.5 Å². The zero-order valence-electron chi connectivity index (χ0n) is 13.2. The number of likely N-dealkylation sites (tertiary alicyclic amines) is 1. The minimum atomic E-state index is -3.09. The topological polar surface area (TPSA) is 73.2 Å². The van der Waals surface area contributed by atoms with Gasteiger partial charge in [-0.15, -0.1) is 0 Å². The second-order valence-corrected chi connectivity index (χ2v) is 6.01. The SMILES string of the molecule is N#C[C@@H]1CC(F)(F)CN1C(=O)CC(=O)Nc1ccc2ccccc2c1. The summed E-state index contributed by atoms with van der Waals surface area (Å²) in [7, 11) is 0. The summed E-state index contributed by atoms with van der Waals surface area (Å²) < 4.78 is 26.8. The summed E-state index contributed by atoms with van der Waals surface area (Å²) in [5, 5.41) is 13.4. The van der Waals surface area contributed by atoms with E-state index in [0.717, 1.165) is 15.7 Å². The van der Waals surface area contributed by atoms with E-state index in [1.807, 2.05) is 30.3 Å². The molecular weight excluding hydrogens is 328 g/mol. The first-order chi connectivity index (χ1) is 11.9. The molecule has 2 aromatic carbocycles. The third kappa shape index (κ3) is 3.74. The van der Waals surface area contributed by atoms with Crippen molar-refractivity contribution in [2.24, 2.45) is 0 Å². The van der Waals surface area contributed by atoms with Gasteiger partial charge in [0.15, 0.2) is 0 Å². The maximum Gasteiger partial charge on any atom is 0.268 e. The summed E-state index contributed by atoms with van der Waals surface area (Å²) in [6, 6.07) is 13.4. The number of hydrogen-bond donors (Lipinski definition) is 1. The minimum Gasteiger partial charge on any atom is -0.326 e. The zero-order chi connectivity index (χ0) is 18.0. The first-order valence-corrected chi connectivity index (χ1v) is 7.73. The van der Waals surface area contributed by atoms with E-state index in [-0.39, 0.29) is 0 Å². The highest BCUT2D eigenvalue weighted by molar-refractivity contribution is 6.04. The lowest BCUT2D eigenvalue weighted by molar-refractivity contribution is -0.135. The molecule has 1 heterocycles. The molecule has 2 aromatic rings. The third-order valence-electron chi connectivity index (χ3n) is 4.08. The fourth-order valence-electron chi connectivity index (χ4n) is 2.91. The number of nitriles is 1. The Labute approximate surface area is 142 Å². The summed E-state index contributed by atoms with van der Waals surface area (Å²) in [5.41, 5.74) is 0.514. The molecule has 0 unspecified atom stereocenters. The average Bonchev–Trinajstić information content (AvgIpc) is 2.89. The van der Waals surface area contributed by atoms with Gasteiger partial charge in [0.05, 0.1) is 12.6 Å². The highest BCUT2D eigenvalue weighted by atomic mass is 19.3. The maximum atomic E-state index is 13.4. The molecule has 1 aliphatic rings. The van der Waals surface area contributed by atoms with Gasteiger partial charge < -0.3 is 10.2 Å². The molecule has 3 rings (SSSR count). The number of carbonyl (C=O) groups excluding carboxylic acids is 2. The largest absolute Gasteiger partial charge is 0.326 e. The molecule has 0 bridgehead atoms. The van der Waals surface area contributed by atoms with Crippen LogP contribution in [0.5, 0.6) is 0 Å². The number of alkyl halides is 2. The third-order valence-corrected chi connectivity index (χ3v) is 4.08. The van der Waals surface area contributed by atoms with E-state index in [4.69, 9.17) is 5.26 Å². The molecular formula is C18H15F2N3O2. The lowest BCUT2D eigenvalue weighted by Gasteiger charge is -2.18. The van der Waals surface area contributed by atoms with E-state index in [9.17, 15) is 18.4 Å². The van der Waals surface area contributed by atoms with E-state index in [1.165, 1.54) is 0 Å². The number of carbonyl (C=O) groups is 2. The van der Waals surface area contributed by atoms with Crippen LogP contribution in [0.3, 0.4) is 0 Å². The average molecular weight is 343 g/mol. The second-order valence-electron chi connectivity index (χ2n) is 6.01. The zero-order valence-corrected chi connectivity index (χ0v) is 13.2. The molecule has 2 amide bonds. The van der Waals surface area contributed by atoms with Crippen LogP contribution in [0.2, 0.25) is 0 Å². The van der Waals surface area contributed by atoms with Gasteiger partial charge in [-0.1, -0.05) is 30.3 Å². The van der Waals surface area contributed by atoms with Crippen molar-refractivity contribution in [1.82, 2.24) is 4.90 Å². The Hall–Kier alpha value is -3.01. The lowest BCUT2D eigenvalue weighted by Crippen LogP contribution is -2.37. The summed E-state index contributed by atoms with van der Waals surface area (Å²) in [6.45, 7) is -0.826. The predicted octanol–water partition coefficient (Wildman–Crippen LogP) is 2.93. The molecule has 1 N–H and O–H groups in total. The van der Waals surface area contributed by atoms with E-state index >= 15 is 0 Å². The molecule has 7 heteroatoms. The van der Waals surface area contributed by atoms with Crippen LogP contribution in [0.25, 0.3) is 10.8 Å². The normalized spacial score (nSPS) is 18.8. The fraction of sp³-hybridized carbons (Fsp3) is 0.278. The number of anilines is 1. The number of hydrogen-bond acceptors (Lipinski definition) is 3. The maximum absolute atomic E-state index is 13.4. The van der Waals surface area contributed by atoms with Crippen molar-refractivity contribution in [2.75, 3.05) is 11.9 Å². The van der Waals surface area contributed by atoms with Crippen molar-refractivity contribution in [2.45, 2.75) is 24.8 Å². The van der Waals surface area contributed by atoms with Crippen molar-refractivity contribution in [3.8, 4) is 6.07 Å². The van der Waals surface area contributed by atoms with Gasteiger partial charge in [-0.3, -0.25) is 9.59 Å². The quantitative estimate of drug-likeness (QED) is 0.871. The van der Waals surface area contributed by atoms with Crippen LogP contribution in [-0.4, -0.2) is 35.2 Å². The number of nitrogens with one attached hydrogen (secondary N) is 1. The summed E-state index contributed by atoms with van der Waals surface area (Å²) in [5.74, 6) is -4.47. The van der Waals surface area contributed by atoms with Crippen LogP contribution in [0, 0.1) is 11.3 Å². The van der Waals surface area contributed by atoms with E-state index in [1.54, 1.807) is 18.2 Å². The lowest BCUT2D eigenvalue weighted by atomic mass is 10.1. The Morgan fingerprint density at radius 2 is 1.96 bits per heavy atom. The van der Waals surface area contributed by atoms with E-state index in [2.05, 4.69) is 5.32 Å². The highest BCUT2D eigenvalue weighted by Crippen LogP contribution is 2.32. The fourth-order valence-corrected chi connectivity index (χ4v) is 2.91. The van der Waals surface area contributed by atoms with E-state index < -0.39 is 43.2 Å². The molecule has 0 spiro atoms. The van der Waals surface area contributed by atoms with Crippen LogP contribution in [0.1, 0.15) is 12.8 Å². The van der Waals surface area contributed by atoms with Gasteiger partial charge in [0.1, 0.15) is 12.5 Å². The van der Waals surface area contributed by atoms with Crippen LogP contribution < -0.4 is 5.32 Å². The Morgan fingerprint density at radius 3 is 2.68 bits per heavy atom. The van der Waals surface area contributed by atoms with Gasteiger partial charge in [0.2, 0.25) is 11.8 Å². The number of halogens is 2. The molecule has 0 aliphatic carbocycles. The molecule has 1 aliphatic heterocycles. The molecule has 5 nitrogen and oxygen atoms in total. The summed E-state index contributed by atoms with van der Waals surface area (Å²) >= 11 is 0. The Morgan fingerprint density at radius 1 is 1.24 bits per heavy atom. The first-order valence-electron chi connectivity index (χ1n) is 7.73. The van der Waals surface area contributed by atoms with Crippen LogP contribution in [-0.2, 0) is 9.59 Å². The molecule has 0 radical (unpaired) electrons. The Bertz CT molecular complexity index is 876. The second kappa shape index (κ2) is 6.48. The summed E-state index contributed by atoms with van der Waals surface area (Å²) in [4.78, 5) is 24.9. The van der Waals surface area contributed by atoms with Gasteiger partial charge in [-0.25, -0.2) is 8.78 Å². The highest BCUT2D eigenvalue weighted by Gasteiger charge is 2.47. The molecule has 128 valence electrons. The molecule has 0 saturated carbocycles. The Kier molecular flexibility index (Phi) is 4.36. The number of rotatable bonds is 3. The van der Waals surface area contributed by atoms with Crippen molar-refractivity contribution < 1.29 is 18.4 Å². The van der Waals surface area contributed by atoms with Crippen LogP contribution >= 0.6 is 0 Å². The molecule has 1 saturated heterocycles. The number of nitrogens with zero attached hydrogens (tertiary/aromatic N) is 2. The summed E-state index contributed by atoms with van der Waals surface area (Å²) in [6.07, 6.45) is -1.28. The molecule has 1 fully saturated rings. The van der Waals surface area contributed by atoms with Gasteiger partial charge in [0, 0.05) is 12.1 Å². The Balaban J connectivity index is 1.65. The number of benzene rings is 2. The molecule has 25 heavy (non-hydrogen) atoms. The molecule has 0 aromatic heterocycles. The first kappa shape index (κ1) is 16.8. The predicted molar refractivity (Wildman–Crippen MR) is 87.9 cm³/mol. The van der Waals surface area contributed by atoms with Crippen LogP contribution in [0.4, 0.5) is 14.5 Å². The van der Waals surface area contributed by atoms with Gasteiger partial charge in [0.25, 0.3) is 5.92 Å². The van der Waals surface area contributed by atoms with Gasteiger partial charge in [-0.2, -0.15) is 5.26 Å². The number of fused-ring (bicyclic) bond motifs is 1. The smallest absolute Gasteiger partial charge is 0.268 e. The monoisotopic (exact) mass is 343 g/mol. The number of amides is 2. The molecule has 1 atom stereocenters. The van der Waals surface area contributed by atoms with Gasteiger partial charge >= 0.3 is 0 Å². The van der Waals surface area contributed by atoms with Crippen molar-refractivity contribution >= 4 is 28.3 Å².